The highest BCUT2D eigenvalue weighted by atomic mass is 79.9. The lowest BCUT2D eigenvalue weighted by atomic mass is 10.1. The first-order chi connectivity index (χ1) is 9.75. The maximum atomic E-state index is 13.0. The fourth-order valence-electron chi connectivity index (χ4n) is 2.05. The predicted octanol–water partition coefficient (Wildman–Crippen LogP) is 3.80. The zero-order chi connectivity index (χ0) is 15.8. The summed E-state index contributed by atoms with van der Waals surface area (Å²) in [7, 11) is 0. The second kappa shape index (κ2) is 5.76. The van der Waals surface area contributed by atoms with Gasteiger partial charge in [-0.3, -0.25) is 0 Å². The molecule has 2 rings (SSSR count). The molecule has 21 heavy (non-hydrogen) atoms. The fraction of sp³-hybridized carbons (Fsp3) is 0.385. The van der Waals surface area contributed by atoms with E-state index in [2.05, 4.69) is 26.1 Å². The topological polar surface area (TPSA) is 50.9 Å². The third kappa shape index (κ3) is 3.11. The van der Waals surface area contributed by atoms with Crippen molar-refractivity contribution < 1.29 is 18.3 Å². The van der Waals surface area contributed by atoms with Gasteiger partial charge in [0.25, 0.3) is 0 Å². The van der Waals surface area contributed by atoms with Gasteiger partial charge in [0.05, 0.1) is 5.56 Å². The Morgan fingerprint density at radius 1 is 1.29 bits per heavy atom. The summed E-state index contributed by atoms with van der Waals surface area (Å²) in [6.45, 7) is 3.36. The van der Waals surface area contributed by atoms with E-state index in [4.69, 9.17) is 0 Å². The highest BCUT2D eigenvalue weighted by Crippen LogP contribution is 2.37. The molecule has 0 radical (unpaired) electrons. The minimum absolute atomic E-state index is 0.0308. The minimum Gasteiger partial charge on any atom is -0.388 e. The van der Waals surface area contributed by atoms with Gasteiger partial charge in [-0.25, -0.2) is 0 Å². The van der Waals surface area contributed by atoms with Crippen LogP contribution >= 0.6 is 15.9 Å². The Bertz CT molecular complexity index is 653. The molecular weight excluding hydrogens is 351 g/mol. The Labute approximate surface area is 127 Å². The molecular formula is C13H13BrF3N3O. The quantitative estimate of drug-likeness (QED) is 0.902. The molecule has 0 bridgehead atoms. The number of alkyl halides is 3. The number of nitrogens with zero attached hydrogens (tertiary/aromatic N) is 3. The maximum Gasteiger partial charge on any atom is 0.417 e. The van der Waals surface area contributed by atoms with Gasteiger partial charge >= 0.3 is 6.18 Å². The number of rotatable bonds is 3. The highest BCUT2D eigenvalue weighted by Gasteiger charge is 2.33. The van der Waals surface area contributed by atoms with Gasteiger partial charge in [-0.2, -0.15) is 13.2 Å². The van der Waals surface area contributed by atoms with Gasteiger partial charge < -0.3 is 9.67 Å². The maximum absolute atomic E-state index is 13.0. The average molecular weight is 364 g/mol. The highest BCUT2D eigenvalue weighted by molar-refractivity contribution is 9.10. The van der Waals surface area contributed by atoms with Gasteiger partial charge in [0.15, 0.2) is 11.6 Å². The number of hydrogen-bond acceptors (Lipinski definition) is 3. The minimum atomic E-state index is -4.46. The van der Waals surface area contributed by atoms with E-state index in [0.717, 1.165) is 6.07 Å². The van der Waals surface area contributed by atoms with E-state index in [1.54, 1.807) is 4.57 Å². The van der Waals surface area contributed by atoms with Crippen LogP contribution in [0.4, 0.5) is 13.2 Å². The molecule has 0 atom stereocenters. The van der Waals surface area contributed by atoms with Crippen LogP contribution in [0.3, 0.4) is 0 Å². The molecule has 0 unspecified atom stereocenters. The summed E-state index contributed by atoms with van der Waals surface area (Å²) in [5, 5.41) is 17.0. The lowest BCUT2D eigenvalue weighted by Crippen LogP contribution is -2.09. The molecule has 0 saturated carbocycles. The van der Waals surface area contributed by atoms with Gasteiger partial charge in [0, 0.05) is 16.1 Å². The van der Waals surface area contributed by atoms with Crippen LogP contribution in [0.5, 0.6) is 0 Å². The summed E-state index contributed by atoms with van der Waals surface area (Å²) in [5.74, 6) is 0.614. The van der Waals surface area contributed by atoms with Crippen molar-refractivity contribution in [1.29, 1.82) is 0 Å². The van der Waals surface area contributed by atoms with Crippen molar-refractivity contribution >= 4 is 15.9 Å². The van der Waals surface area contributed by atoms with E-state index >= 15 is 0 Å². The SMILES string of the molecule is CC(C)n1c(CO)nnc1-c1ccc(Br)c(C(F)(F)F)c1. The van der Waals surface area contributed by atoms with Crippen molar-refractivity contribution in [2.75, 3.05) is 0 Å². The molecule has 4 nitrogen and oxygen atoms in total. The standard InChI is InChI=1S/C13H13BrF3N3O/c1-7(2)20-11(6-21)18-19-12(20)8-3-4-10(14)9(5-8)13(15,16)17/h3-5,7,21H,6H2,1-2H3. The number of hydrogen-bond donors (Lipinski definition) is 1. The zero-order valence-corrected chi connectivity index (χ0v) is 12.9. The molecule has 1 aromatic heterocycles. The Morgan fingerprint density at radius 3 is 2.48 bits per heavy atom. The molecule has 0 aliphatic carbocycles. The van der Waals surface area contributed by atoms with Crippen LogP contribution in [0.15, 0.2) is 22.7 Å². The van der Waals surface area contributed by atoms with E-state index < -0.39 is 11.7 Å². The molecule has 0 spiro atoms. The van der Waals surface area contributed by atoms with E-state index in [1.807, 2.05) is 13.8 Å². The first kappa shape index (κ1) is 16.0. The summed E-state index contributed by atoms with van der Waals surface area (Å²) in [4.78, 5) is 0. The third-order valence-electron chi connectivity index (χ3n) is 2.95. The van der Waals surface area contributed by atoms with Crippen LogP contribution in [0.2, 0.25) is 0 Å². The molecule has 0 aliphatic heterocycles. The molecule has 2 aromatic rings. The van der Waals surface area contributed by atoms with Crippen molar-refractivity contribution in [2.45, 2.75) is 32.7 Å². The van der Waals surface area contributed by atoms with Crippen molar-refractivity contribution in [2.24, 2.45) is 0 Å². The first-order valence-electron chi connectivity index (χ1n) is 6.17. The third-order valence-corrected chi connectivity index (χ3v) is 3.65. The summed E-state index contributed by atoms with van der Waals surface area (Å²) < 4.78 is 40.5. The smallest absolute Gasteiger partial charge is 0.388 e. The summed E-state index contributed by atoms with van der Waals surface area (Å²) in [6.07, 6.45) is -4.46. The molecule has 1 aromatic carbocycles. The van der Waals surface area contributed by atoms with Gasteiger partial charge in [-0.1, -0.05) is 22.0 Å². The molecule has 0 saturated heterocycles. The van der Waals surface area contributed by atoms with Gasteiger partial charge in [0.1, 0.15) is 6.61 Å². The number of aliphatic hydroxyl groups is 1. The lowest BCUT2D eigenvalue weighted by Gasteiger charge is -2.15. The Kier molecular flexibility index (Phi) is 4.38. The number of halogens is 4. The van der Waals surface area contributed by atoms with E-state index in [0.29, 0.717) is 17.2 Å². The van der Waals surface area contributed by atoms with Crippen molar-refractivity contribution in [1.82, 2.24) is 14.8 Å². The molecule has 0 aliphatic rings. The molecule has 114 valence electrons. The molecule has 1 N–H and O–H groups in total. The number of benzene rings is 1. The first-order valence-corrected chi connectivity index (χ1v) is 6.96. The van der Waals surface area contributed by atoms with Gasteiger partial charge in [0.2, 0.25) is 0 Å². The van der Waals surface area contributed by atoms with Crippen LogP contribution in [0.1, 0.15) is 31.3 Å². The van der Waals surface area contributed by atoms with Crippen molar-refractivity contribution in [3.63, 3.8) is 0 Å². The molecule has 1 heterocycles. The second-order valence-electron chi connectivity index (χ2n) is 4.75. The lowest BCUT2D eigenvalue weighted by molar-refractivity contribution is -0.138. The largest absolute Gasteiger partial charge is 0.417 e. The molecule has 0 amide bonds. The Morgan fingerprint density at radius 2 is 1.95 bits per heavy atom. The van der Waals surface area contributed by atoms with Gasteiger partial charge in [-0.15, -0.1) is 10.2 Å². The monoisotopic (exact) mass is 363 g/mol. The number of aromatic nitrogens is 3. The zero-order valence-electron chi connectivity index (χ0n) is 11.3. The van der Waals surface area contributed by atoms with E-state index in [9.17, 15) is 18.3 Å². The normalized spacial score (nSPS) is 12.2. The van der Waals surface area contributed by atoms with Crippen LogP contribution in [-0.2, 0) is 12.8 Å². The van der Waals surface area contributed by atoms with Crippen LogP contribution < -0.4 is 0 Å². The summed E-state index contributed by atoms with van der Waals surface area (Å²) in [6, 6.07) is 3.79. The summed E-state index contributed by atoms with van der Waals surface area (Å²) >= 11 is 2.90. The van der Waals surface area contributed by atoms with E-state index in [1.165, 1.54) is 12.1 Å². The van der Waals surface area contributed by atoms with Crippen molar-refractivity contribution in [3.8, 4) is 11.4 Å². The number of aliphatic hydroxyl groups excluding tert-OH is 1. The Balaban J connectivity index is 2.61. The van der Waals surface area contributed by atoms with Crippen LogP contribution in [-0.4, -0.2) is 19.9 Å². The van der Waals surface area contributed by atoms with Crippen molar-refractivity contribution in [3.05, 3.63) is 34.1 Å². The van der Waals surface area contributed by atoms with Crippen LogP contribution in [0.25, 0.3) is 11.4 Å². The average Bonchev–Trinajstić information content (AvgIpc) is 2.81. The molecule has 0 fully saturated rings. The Hall–Kier alpha value is -1.41. The van der Waals surface area contributed by atoms with E-state index in [-0.39, 0.29) is 17.1 Å². The predicted molar refractivity (Wildman–Crippen MR) is 74.5 cm³/mol. The second-order valence-corrected chi connectivity index (χ2v) is 5.61. The van der Waals surface area contributed by atoms with Gasteiger partial charge in [-0.05, 0) is 26.0 Å². The summed E-state index contributed by atoms with van der Waals surface area (Å²) in [5.41, 5.74) is -0.477. The fourth-order valence-corrected chi connectivity index (χ4v) is 2.52. The molecule has 8 heteroatoms. The van der Waals surface area contributed by atoms with Crippen LogP contribution in [0, 0.1) is 0 Å².